The van der Waals surface area contributed by atoms with E-state index in [2.05, 4.69) is 18.8 Å². The second-order valence-electron chi connectivity index (χ2n) is 5.42. The number of carboxylic acid groups (broad SMARTS) is 1. The number of ether oxygens (including phenoxy) is 2. The Bertz CT molecular complexity index is 485. The van der Waals surface area contributed by atoms with Gasteiger partial charge in [0, 0.05) is 12.3 Å². The number of carboxylic acids is 1. The zero-order valence-electron chi connectivity index (χ0n) is 12.0. The molecule has 0 bridgehead atoms. The Hall–Kier alpha value is -1.62. The highest BCUT2D eigenvalue weighted by Crippen LogP contribution is 2.26. The van der Waals surface area contributed by atoms with Crippen molar-refractivity contribution in [1.29, 1.82) is 0 Å². The molecule has 1 N–H and O–H groups in total. The van der Waals surface area contributed by atoms with Gasteiger partial charge in [0.1, 0.15) is 12.2 Å². The van der Waals surface area contributed by atoms with Crippen molar-refractivity contribution in [1.82, 2.24) is 4.98 Å². The van der Waals surface area contributed by atoms with Crippen LogP contribution in [0.2, 0.25) is 0 Å². The van der Waals surface area contributed by atoms with Gasteiger partial charge in [0.25, 0.3) is 0 Å². The molecule has 0 fully saturated rings. The van der Waals surface area contributed by atoms with Crippen molar-refractivity contribution in [2.75, 3.05) is 19.8 Å². The second kappa shape index (κ2) is 6.70. The van der Waals surface area contributed by atoms with E-state index in [9.17, 15) is 9.90 Å². The topological polar surface area (TPSA) is 68.7 Å². The minimum atomic E-state index is -0.995. The standard InChI is InChI=1S/C15H21NO4/c1-10(2)9-19-6-7-20-14-12(15(17)18)8-11-4-3-5-13(11)16-14/h8,10H,3-7,9H2,1-2H3,(H,17,18). The summed E-state index contributed by atoms with van der Waals surface area (Å²) in [5, 5.41) is 9.22. The van der Waals surface area contributed by atoms with Crippen LogP contribution in [0, 0.1) is 5.92 Å². The fourth-order valence-electron chi connectivity index (χ4n) is 2.23. The first-order valence-electron chi connectivity index (χ1n) is 7.04. The van der Waals surface area contributed by atoms with E-state index in [0.717, 1.165) is 30.5 Å². The molecule has 0 aromatic carbocycles. The van der Waals surface area contributed by atoms with Crippen LogP contribution in [0.15, 0.2) is 6.07 Å². The van der Waals surface area contributed by atoms with Gasteiger partial charge >= 0.3 is 5.97 Å². The van der Waals surface area contributed by atoms with Crippen molar-refractivity contribution in [3.05, 3.63) is 22.9 Å². The molecule has 1 aliphatic carbocycles. The Morgan fingerprint density at radius 1 is 1.40 bits per heavy atom. The van der Waals surface area contributed by atoms with Crippen molar-refractivity contribution in [3.8, 4) is 5.88 Å². The molecule has 5 heteroatoms. The van der Waals surface area contributed by atoms with Crippen LogP contribution in [0.3, 0.4) is 0 Å². The van der Waals surface area contributed by atoms with Gasteiger partial charge in [-0.15, -0.1) is 0 Å². The highest BCUT2D eigenvalue weighted by Gasteiger charge is 2.20. The molecule has 0 radical (unpaired) electrons. The number of hydrogen-bond donors (Lipinski definition) is 1. The van der Waals surface area contributed by atoms with Crippen molar-refractivity contribution in [2.45, 2.75) is 33.1 Å². The number of pyridine rings is 1. The molecule has 1 aliphatic rings. The van der Waals surface area contributed by atoms with Gasteiger partial charge in [-0.05, 0) is 36.8 Å². The molecular formula is C15H21NO4. The van der Waals surface area contributed by atoms with Crippen LogP contribution >= 0.6 is 0 Å². The van der Waals surface area contributed by atoms with Crippen molar-refractivity contribution >= 4 is 5.97 Å². The minimum Gasteiger partial charge on any atom is -0.477 e. The summed E-state index contributed by atoms with van der Waals surface area (Å²) in [5.74, 6) is -0.306. The quantitative estimate of drug-likeness (QED) is 0.776. The van der Waals surface area contributed by atoms with Crippen LogP contribution in [0.5, 0.6) is 5.88 Å². The van der Waals surface area contributed by atoms with Gasteiger partial charge in [0.2, 0.25) is 5.88 Å². The normalized spacial score (nSPS) is 13.6. The summed E-state index contributed by atoms with van der Waals surface area (Å²) in [5.41, 5.74) is 2.15. The summed E-state index contributed by atoms with van der Waals surface area (Å²) in [6.45, 7) is 5.58. The predicted octanol–water partition coefficient (Wildman–Crippen LogP) is 2.32. The molecule has 0 spiro atoms. The maximum absolute atomic E-state index is 11.2. The molecule has 2 rings (SSSR count). The van der Waals surface area contributed by atoms with E-state index in [1.54, 1.807) is 6.07 Å². The Kier molecular flexibility index (Phi) is 4.95. The van der Waals surface area contributed by atoms with Crippen LogP contribution in [0.25, 0.3) is 0 Å². The van der Waals surface area contributed by atoms with Gasteiger partial charge in [0.15, 0.2) is 0 Å². The van der Waals surface area contributed by atoms with E-state index in [0.29, 0.717) is 25.7 Å². The number of carbonyl (C=O) groups is 1. The van der Waals surface area contributed by atoms with E-state index in [4.69, 9.17) is 9.47 Å². The largest absolute Gasteiger partial charge is 0.477 e. The molecule has 20 heavy (non-hydrogen) atoms. The number of aromatic carboxylic acids is 1. The fourth-order valence-corrected chi connectivity index (χ4v) is 2.23. The average Bonchev–Trinajstić information content (AvgIpc) is 2.83. The summed E-state index contributed by atoms with van der Waals surface area (Å²) in [6.07, 6.45) is 2.83. The smallest absolute Gasteiger partial charge is 0.341 e. The van der Waals surface area contributed by atoms with Crippen molar-refractivity contribution < 1.29 is 19.4 Å². The third-order valence-corrected chi connectivity index (χ3v) is 3.16. The van der Waals surface area contributed by atoms with E-state index >= 15 is 0 Å². The molecule has 0 saturated heterocycles. The number of rotatable bonds is 7. The Morgan fingerprint density at radius 2 is 2.20 bits per heavy atom. The van der Waals surface area contributed by atoms with Gasteiger partial charge in [-0.25, -0.2) is 9.78 Å². The number of hydrogen-bond acceptors (Lipinski definition) is 4. The average molecular weight is 279 g/mol. The van der Waals surface area contributed by atoms with Gasteiger partial charge in [0.05, 0.1) is 6.61 Å². The summed E-state index contributed by atoms with van der Waals surface area (Å²) in [4.78, 5) is 15.6. The highest BCUT2D eigenvalue weighted by molar-refractivity contribution is 5.90. The van der Waals surface area contributed by atoms with Crippen LogP contribution in [0.1, 0.15) is 41.9 Å². The monoisotopic (exact) mass is 279 g/mol. The Morgan fingerprint density at radius 3 is 2.90 bits per heavy atom. The maximum Gasteiger partial charge on any atom is 0.341 e. The zero-order valence-corrected chi connectivity index (χ0v) is 12.0. The minimum absolute atomic E-state index is 0.148. The molecule has 0 unspecified atom stereocenters. The molecule has 1 heterocycles. The van der Waals surface area contributed by atoms with E-state index in [1.807, 2.05) is 0 Å². The molecular weight excluding hydrogens is 258 g/mol. The number of nitrogens with zero attached hydrogens (tertiary/aromatic N) is 1. The van der Waals surface area contributed by atoms with Crippen LogP contribution in [-0.2, 0) is 17.6 Å². The number of aryl methyl sites for hydroxylation is 2. The summed E-state index contributed by atoms with van der Waals surface area (Å²) in [6, 6.07) is 1.70. The Labute approximate surface area is 118 Å². The van der Waals surface area contributed by atoms with Gasteiger partial charge < -0.3 is 14.6 Å². The number of fused-ring (bicyclic) bond motifs is 1. The molecule has 0 amide bonds. The van der Waals surface area contributed by atoms with Crippen molar-refractivity contribution in [3.63, 3.8) is 0 Å². The third-order valence-electron chi connectivity index (χ3n) is 3.16. The van der Waals surface area contributed by atoms with Gasteiger partial charge in [-0.3, -0.25) is 0 Å². The summed E-state index contributed by atoms with van der Waals surface area (Å²) >= 11 is 0. The molecule has 5 nitrogen and oxygen atoms in total. The van der Waals surface area contributed by atoms with Gasteiger partial charge in [-0.2, -0.15) is 0 Å². The van der Waals surface area contributed by atoms with Crippen LogP contribution in [-0.4, -0.2) is 35.9 Å². The summed E-state index contributed by atoms with van der Waals surface area (Å²) in [7, 11) is 0. The first-order valence-corrected chi connectivity index (χ1v) is 7.04. The first kappa shape index (κ1) is 14.8. The Balaban J connectivity index is 1.98. The molecule has 0 saturated carbocycles. The third kappa shape index (κ3) is 3.70. The molecule has 0 aliphatic heterocycles. The first-order chi connectivity index (χ1) is 9.58. The van der Waals surface area contributed by atoms with E-state index in [-0.39, 0.29) is 11.4 Å². The molecule has 1 aromatic heterocycles. The lowest BCUT2D eigenvalue weighted by atomic mass is 10.1. The van der Waals surface area contributed by atoms with Crippen LogP contribution < -0.4 is 4.74 Å². The van der Waals surface area contributed by atoms with Crippen LogP contribution in [0.4, 0.5) is 0 Å². The second-order valence-corrected chi connectivity index (χ2v) is 5.42. The fraction of sp³-hybridized carbons (Fsp3) is 0.600. The lowest BCUT2D eigenvalue weighted by molar-refractivity contribution is 0.0673. The lowest BCUT2D eigenvalue weighted by Crippen LogP contribution is -2.13. The summed E-state index contributed by atoms with van der Waals surface area (Å²) < 4.78 is 10.9. The van der Waals surface area contributed by atoms with Gasteiger partial charge in [-0.1, -0.05) is 13.8 Å². The van der Waals surface area contributed by atoms with Crippen molar-refractivity contribution in [2.24, 2.45) is 5.92 Å². The van der Waals surface area contributed by atoms with E-state index < -0.39 is 5.97 Å². The lowest BCUT2D eigenvalue weighted by Gasteiger charge is -2.11. The molecule has 0 atom stereocenters. The van der Waals surface area contributed by atoms with E-state index in [1.165, 1.54) is 0 Å². The molecule has 1 aromatic rings. The maximum atomic E-state index is 11.2. The SMILES string of the molecule is CC(C)COCCOc1nc2c(cc1C(=O)O)CCC2. The molecule has 110 valence electrons. The predicted molar refractivity (Wildman–Crippen MR) is 74.4 cm³/mol. The zero-order chi connectivity index (χ0) is 14.5. The highest BCUT2D eigenvalue weighted by atomic mass is 16.5. The number of aromatic nitrogens is 1.